The molecule has 7 heteroatoms. The highest BCUT2D eigenvalue weighted by molar-refractivity contribution is 14.0. The number of oxazole rings is 1. The third kappa shape index (κ3) is 6.58. The lowest BCUT2D eigenvalue weighted by Crippen LogP contribution is -2.42. The van der Waals surface area contributed by atoms with Gasteiger partial charge < -0.3 is 20.0 Å². The number of nitrogens with zero attached hydrogens (tertiary/aromatic N) is 3. The highest BCUT2D eigenvalue weighted by Crippen LogP contribution is 2.16. The first-order valence-electron chi connectivity index (χ1n) is 8.72. The number of aromatic nitrogens is 1. The molecule has 2 N–H and O–H groups in total. The fourth-order valence-electron chi connectivity index (χ4n) is 2.97. The molecule has 24 heavy (non-hydrogen) atoms. The summed E-state index contributed by atoms with van der Waals surface area (Å²) in [7, 11) is 1.80. The molecule has 0 spiro atoms. The Labute approximate surface area is 162 Å². The third-order valence-electron chi connectivity index (χ3n) is 4.51. The Morgan fingerprint density at radius 1 is 1.29 bits per heavy atom. The van der Waals surface area contributed by atoms with Crippen molar-refractivity contribution in [3.05, 3.63) is 17.3 Å². The van der Waals surface area contributed by atoms with Crippen LogP contribution in [0.3, 0.4) is 0 Å². The van der Waals surface area contributed by atoms with E-state index in [0.29, 0.717) is 12.4 Å². The SMILES string of the molecule is CCCN1CCC(CNC(=NC)NCc2nc(C)c(C)o2)CC1.I. The quantitative estimate of drug-likeness (QED) is 0.397. The number of rotatable bonds is 6. The molecular formula is C17H32IN5O. The first-order valence-corrected chi connectivity index (χ1v) is 8.72. The molecule has 1 aromatic rings. The number of likely N-dealkylation sites (tertiary alicyclic amines) is 1. The molecule has 0 aliphatic carbocycles. The molecule has 1 aliphatic rings. The van der Waals surface area contributed by atoms with Gasteiger partial charge in [-0.2, -0.15) is 0 Å². The molecule has 1 fully saturated rings. The first-order chi connectivity index (χ1) is 11.1. The molecule has 0 unspecified atom stereocenters. The van der Waals surface area contributed by atoms with Crippen LogP contribution in [0, 0.1) is 19.8 Å². The van der Waals surface area contributed by atoms with Crippen LogP contribution in [-0.4, -0.2) is 49.1 Å². The molecular weight excluding hydrogens is 417 g/mol. The molecule has 1 aliphatic heterocycles. The zero-order valence-corrected chi connectivity index (χ0v) is 17.7. The van der Waals surface area contributed by atoms with Crippen molar-refractivity contribution in [2.75, 3.05) is 33.2 Å². The maximum absolute atomic E-state index is 5.58. The van der Waals surface area contributed by atoms with Gasteiger partial charge in [0.1, 0.15) is 5.76 Å². The highest BCUT2D eigenvalue weighted by atomic mass is 127. The van der Waals surface area contributed by atoms with Crippen LogP contribution in [0.5, 0.6) is 0 Å². The lowest BCUT2D eigenvalue weighted by molar-refractivity contribution is 0.185. The van der Waals surface area contributed by atoms with Gasteiger partial charge in [-0.1, -0.05) is 6.92 Å². The van der Waals surface area contributed by atoms with Crippen LogP contribution in [0.1, 0.15) is 43.5 Å². The summed E-state index contributed by atoms with van der Waals surface area (Å²) >= 11 is 0. The number of aliphatic imine (C=N–C) groups is 1. The summed E-state index contributed by atoms with van der Waals surface area (Å²) in [6.45, 7) is 11.4. The number of hydrogen-bond donors (Lipinski definition) is 2. The van der Waals surface area contributed by atoms with Crippen molar-refractivity contribution in [1.29, 1.82) is 0 Å². The van der Waals surface area contributed by atoms with Crippen LogP contribution in [0.2, 0.25) is 0 Å². The summed E-state index contributed by atoms with van der Waals surface area (Å²) in [5.41, 5.74) is 0.948. The maximum Gasteiger partial charge on any atom is 0.214 e. The van der Waals surface area contributed by atoms with E-state index in [1.54, 1.807) is 7.05 Å². The summed E-state index contributed by atoms with van der Waals surface area (Å²) in [5.74, 6) is 3.13. The topological polar surface area (TPSA) is 65.7 Å². The summed E-state index contributed by atoms with van der Waals surface area (Å²) in [6, 6.07) is 0. The first kappa shape index (κ1) is 21.2. The monoisotopic (exact) mass is 449 g/mol. The van der Waals surface area contributed by atoms with Crippen molar-refractivity contribution in [2.24, 2.45) is 10.9 Å². The van der Waals surface area contributed by atoms with Crippen molar-refractivity contribution in [2.45, 2.75) is 46.6 Å². The minimum Gasteiger partial charge on any atom is -0.444 e. The average molecular weight is 449 g/mol. The van der Waals surface area contributed by atoms with E-state index in [-0.39, 0.29) is 24.0 Å². The van der Waals surface area contributed by atoms with Crippen molar-refractivity contribution in [1.82, 2.24) is 20.5 Å². The Hall–Kier alpha value is -0.830. The second-order valence-corrected chi connectivity index (χ2v) is 6.34. The van der Waals surface area contributed by atoms with Gasteiger partial charge in [-0.05, 0) is 58.7 Å². The molecule has 1 aromatic heterocycles. The van der Waals surface area contributed by atoms with E-state index in [1.807, 2.05) is 13.8 Å². The van der Waals surface area contributed by atoms with Crippen molar-refractivity contribution in [3.63, 3.8) is 0 Å². The smallest absolute Gasteiger partial charge is 0.214 e. The van der Waals surface area contributed by atoms with E-state index in [4.69, 9.17) is 4.42 Å². The third-order valence-corrected chi connectivity index (χ3v) is 4.51. The van der Waals surface area contributed by atoms with E-state index in [9.17, 15) is 0 Å². The molecule has 0 radical (unpaired) electrons. The lowest BCUT2D eigenvalue weighted by atomic mass is 9.97. The van der Waals surface area contributed by atoms with E-state index in [2.05, 4.69) is 32.4 Å². The molecule has 0 saturated carbocycles. The van der Waals surface area contributed by atoms with Gasteiger partial charge in [0.2, 0.25) is 5.89 Å². The molecule has 0 amide bonds. The molecule has 1 saturated heterocycles. The Morgan fingerprint density at radius 2 is 2.00 bits per heavy atom. The predicted octanol–water partition coefficient (Wildman–Crippen LogP) is 2.70. The fraction of sp³-hybridized carbons (Fsp3) is 0.765. The Balaban J connectivity index is 0.00000288. The number of halogens is 1. The van der Waals surface area contributed by atoms with Crippen molar-refractivity contribution in [3.8, 4) is 0 Å². The minimum absolute atomic E-state index is 0. The van der Waals surface area contributed by atoms with Gasteiger partial charge >= 0.3 is 0 Å². The highest BCUT2D eigenvalue weighted by Gasteiger charge is 2.18. The van der Waals surface area contributed by atoms with Crippen LogP contribution in [-0.2, 0) is 6.54 Å². The van der Waals surface area contributed by atoms with Crippen LogP contribution in [0.4, 0.5) is 0 Å². The number of nitrogens with one attached hydrogen (secondary N) is 2. The van der Waals surface area contributed by atoms with Gasteiger partial charge in [-0.15, -0.1) is 24.0 Å². The zero-order valence-electron chi connectivity index (χ0n) is 15.4. The molecule has 6 nitrogen and oxygen atoms in total. The van der Waals surface area contributed by atoms with Gasteiger partial charge in [-0.25, -0.2) is 4.98 Å². The maximum atomic E-state index is 5.58. The number of hydrogen-bond acceptors (Lipinski definition) is 4. The lowest BCUT2D eigenvalue weighted by Gasteiger charge is -2.32. The van der Waals surface area contributed by atoms with Gasteiger partial charge in [0.25, 0.3) is 0 Å². The second-order valence-electron chi connectivity index (χ2n) is 6.34. The van der Waals surface area contributed by atoms with Gasteiger partial charge in [0, 0.05) is 13.6 Å². The van der Waals surface area contributed by atoms with Gasteiger partial charge in [0.15, 0.2) is 5.96 Å². The molecule has 2 heterocycles. The second kappa shape index (κ2) is 10.9. The van der Waals surface area contributed by atoms with Crippen molar-refractivity contribution < 1.29 is 4.42 Å². The van der Waals surface area contributed by atoms with E-state index in [0.717, 1.165) is 29.9 Å². The average Bonchev–Trinajstić information content (AvgIpc) is 2.87. The summed E-state index contributed by atoms with van der Waals surface area (Å²) in [5, 5.41) is 6.70. The Morgan fingerprint density at radius 3 is 2.54 bits per heavy atom. The minimum atomic E-state index is 0. The summed E-state index contributed by atoms with van der Waals surface area (Å²) in [6.07, 6.45) is 3.78. The summed E-state index contributed by atoms with van der Waals surface area (Å²) < 4.78 is 5.58. The van der Waals surface area contributed by atoms with Gasteiger partial charge in [0.05, 0.1) is 12.2 Å². The number of guanidine groups is 1. The number of piperidine rings is 1. The fourth-order valence-corrected chi connectivity index (χ4v) is 2.97. The standard InChI is InChI=1S/C17H31N5O.HI/c1-5-8-22-9-6-15(7-10-22)11-19-17(18-4)20-12-16-21-13(2)14(3)23-16;/h15H,5-12H2,1-4H3,(H2,18,19,20);1H. The number of aryl methyl sites for hydroxylation is 2. The normalized spacial score (nSPS) is 16.8. The van der Waals surface area contributed by atoms with Crippen LogP contribution < -0.4 is 10.6 Å². The Bertz CT molecular complexity index is 490. The molecule has 0 atom stereocenters. The van der Waals surface area contributed by atoms with Crippen molar-refractivity contribution >= 4 is 29.9 Å². The van der Waals surface area contributed by atoms with E-state index in [1.165, 1.54) is 38.9 Å². The van der Waals surface area contributed by atoms with Gasteiger partial charge in [-0.3, -0.25) is 4.99 Å². The zero-order chi connectivity index (χ0) is 16.7. The molecule has 0 aromatic carbocycles. The molecule has 138 valence electrons. The van der Waals surface area contributed by atoms with E-state index < -0.39 is 0 Å². The van der Waals surface area contributed by atoms with Crippen LogP contribution >= 0.6 is 24.0 Å². The molecule has 0 bridgehead atoms. The predicted molar refractivity (Wildman–Crippen MR) is 109 cm³/mol. The van der Waals surface area contributed by atoms with Crippen LogP contribution in [0.25, 0.3) is 0 Å². The molecule has 2 rings (SSSR count). The summed E-state index contributed by atoms with van der Waals surface area (Å²) in [4.78, 5) is 11.2. The largest absolute Gasteiger partial charge is 0.444 e. The van der Waals surface area contributed by atoms with Crippen LogP contribution in [0.15, 0.2) is 9.41 Å². The van der Waals surface area contributed by atoms with E-state index >= 15 is 0 Å². The Kier molecular flexibility index (Phi) is 9.65.